The van der Waals surface area contributed by atoms with Gasteiger partial charge in [0.05, 0.1) is 29.4 Å². The average Bonchev–Trinajstić information content (AvgIpc) is 2.67. The van der Waals surface area contributed by atoms with Crippen molar-refractivity contribution in [3.63, 3.8) is 0 Å². The lowest BCUT2D eigenvalue weighted by Gasteiger charge is -2.34. The first-order valence-electron chi connectivity index (χ1n) is 9.22. The molecule has 2 aromatic carbocycles. The van der Waals surface area contributed by atoms with Crippen LogP contribution in [-0.2, 0) is 14.8 Å². The summed E-state index contributed by atoms with van der Waals surface area (Å²) >= 11 is 12.3. The van der Waals surface area contributed by atoms with Gasteiger partial charge in [-0.15, -0.1) is 0 Å². The quantitative estimate of drug-likeness (QED) is 0.709. The van der Waals surface area contributed by atoms with Gasteiger partial charge < -0.3 is 14.8 Å². The van der Waals surface area contributed by atoms with Gasteiger partial charge in [-0.05, 0) is 50.2 Å². The number of sulfonamides is 1. The van der Waals surface area contributed by atoms with Gasteiger partial charge in [0.15, 0.2) is 0 Å². The molecular weight excluding hydrogens is 451 g/mol. The van der Waals surface area contributed by atoms with E-state index in [1.165, 1.54) is 29.6 Å². The van der Waals surface area contributed by atoms with Crippen LogP contribution in [-0.4, -0.2) is 51.0 Å². The van der Waals surface area contributed by atoms with Crippen LogP contribution in [0.25, 0.3) is 0 Å². The van der Waals surface area contributed by atoms with E-state index in [1.54, 1.807) is 18.2 Å². The molecule has 0 bridgehead atoms. The van der Waals surface area contributed by atoms with Crippen LogP contribution in [0.4, 0.5) is 5.69 Å². The zero-order valence-corrected chi connectivity index (χ0v) is 19.0. The minimum atomic E-state index is -3.90. The summed E-state index contributed by atoms with van der Waals surface area (Å²) in [4.78, 5) is 12.6. The summed E-state index contributed by atoms with van der Waals surface area (Å²) in [6, 6.07) is 8.94. The predicted molar refractivity (Wildman–Crippen MR) is 116 cm³/mol. The molecule has 1 saturated heterocycles. The van der Waals surface area contributed by atoms with Crippen molar-refractivity contribution in [1.29, 1.82) is 0 Å². The number of morpholine rings is 1. The molecule has 2 aromatic rings. The van der Waals surface area contributed by atoms with Crippen molar-refractivity contribution in [2.45, 2.75) is 31.0 Å². The van der Waals surface area contributed by atoms with Crippen molar-refractivity contribution in [3.8, 4) is 5.75 Å². The average molecular weight is 473 g/mol. The molecule has 1 fully saturated rings. The van der Waals surface area contributed by atoms with Crippen molar-refractivity contribution in [3.05, 3.63) is 52.0 Å². The first-order chi connectivity index (χ1) is 14.1. The maximum Gasteiger partial charge on any atom is 0.255 e. The zero-order chi connectivity index (χ0) is 22.1. The van der Waals surface area contributed by atoms with E-state index in [2.05, 4.69) is 5.32 Å². The van der Waals surface area contributed by atoms with Gasteiger partial charge in [-0.25, -0.2) is 8.42 Å². The molecular formula is C20H22Cl2N2O5S. The first kappa shape index (κ1) is 22.8. The van der Waals surface area contributed by atoms with Crippen molar-refractivity contribution in [1.82, 2.24) is 4.31 Å². The SMILES string of the molecule is COc1ccc(NC(=O)c2ccc(Cl)c(S(=O)(=O)N3C[C@@H](C)O[C@H](C)C3)c2)cc1Cl. The number of ether oxygens (including phenoxy) is 2. The molecule has 0 unspecified atom stereocenters. The number of rotatable bonds is 5. The minimum absolute atomic E-state index is 0.0471. The van der Waals surface area contributed by atoms with E-state index in [-0.39, 0.29) is 40.8 Å². The van der Waals surface area contributed by atoms with Crippen LogP contribution < -0.4 is 10.1 Å². The molecule has 10 heteroatoms. The molecule has 3 rings (SSSR count). The largest absolute Gasteiger partial charge is 0.495 e. The van der Waals surface area contributed by atoms with Crippen molar-refractivity contribution < 1.29 is 22.7 Å². The Labute approximate surface area is 185 Å². The van der Waals surface area contributed by atoms with Crippen LogP contribution in [0.3, 0.4) is 0 Å². The third kappa shape index (κ3) is 4.90. The Balaban J connectivity index is 1.87. The van der Waals surface area contributed by atoms with Crippen LogP contribution in [0, 0.1) is 0 Å². The summed E-state index contributed by atoms with van der Waals surface area (Å²) in [6.07, 6.45) is -0.484. The Kier molecular flexibility index (Phi) is 6.94. The molecule has 1 amide bonds. The molecule has 0 aromatic heterocycles. The van der Waals surface area contributed by atoms with Gasteiger partial charge in [-0.3, -0.25) is 4.79 Å². The monoisotopic (exact) mass is 472 g/mol. The lowest BCUT2D eigenvalue weighted by atomic mass is 10.2. The standard InChI is InChI=1S/C20H22Cl2N2O5S/c1-12-10-24(11-13(2)29-12)30(26,27)19-8-14(4-6-16(19)21)20(25)23-15-5-7-18(28-3)17(22)9-15/h4-9,12-13H,10-11H2,1-3H3,(H,23,25)/t12-,13-/m1/s1. The number of nitrogens with zero attached hydrogens (tertiary/aromatic N) is 1. The van der Waals surface area contributed by atoms with Crippen LogP contribution >= 0.6 is 23.2 Å². The fourth-order valence-corrected chi connectivity index (χ4v) is 5.60. The highest BCUT2D eigenvalue weighted by Crippen LogP contribution is 2.30. The number of nitrogens with one attached hydrogen (secondary N) is 1. The van der Waals surface area contributed by atoms with E-state index in [0.717, 1.165) is 0 Å². The molecule has 0 spiro atoms. The second-order valence-electron chi connectivity index (χ2n) is 7.03. The van der Waals surface area contributed by atoms with Crippen molar-refractivity contribution in [2.75, 3.05) is 25.5 Å². The number of methoxy groups -OCH3 is 1. The fourth-order valence-electron chi connectivity index (χ4n) is 3.26. The smallest absolute Gasteiger partial charge is 0.255 e. The third-order valence-electron chi connectivity index (χ3n) is 4.61. The number of hydrogen-bond donors (Lipinski definition) is 1. The van der Waals surface area contributed by atoms with E-state index in [0.29, 0.717) is 16.5 Å². The van der Waals surface area contributed by atoms with Gasteiger partial charge in [0, 0.05) is 24.3 Å². The number of carbonyl (C=O) groups excluding carboxylic acids is 1. The number of halogens is 2. The predicted octanol–water partition coefficient (Wildman–Crippen LogP) is 4.05. The maximum atomic E-state index is 13.2. The number of anilines is 1. The van der Waals surface area contributed by atoms with Gasteiger partial charge in [0.1, 0.15) is 10.6 Å². The lowest BCUT2D eigenvalue weighted by Crippen LogP contribution is -2.48. The number of hydrogen-bond acceptors (Lipinski definition) is 5. The third-order valence-corrected chi connectivity index (χ3v) is 7.22. The first-order valence-corrected chi connectivity index (χ1v) is 11.4. The molecule has 1 heterocycles. The van der Waals surface area contributed by atoms with E-state index in [9.17, 15) is 13.2 Å². The van der Waals surface area contributed by atoms with Gasteiger partial charge >= 0.3 is 0 Å². The summed E-state index contributed by atoms with van der Waals surface area (Å²) in [5, 5.41) is 3.08. The summed E-state index contributed by atoms with van der Waals surface area (Å²) in [5.41, 5.74) is 0.597. The van der Waals surface area contributed by atoms with Crippen molar-refractivity contribution in [2.24, 2.45) is 0 Å². The maximum absolute atomic E-state index is 13.2. The minimum Gasteiger partial charge on any atom is -0.495 e. The number of amides is 1. The van der Waals surface area contributed by atoms with Gasteiger partial charge in [-0.1, -0.05) is 23.2 Å². The Hall–Kier alpha value is -1.84. The molecule has 0 aliphatic carbocycles. The second-order valence-corrected chi connectivity index (χ2v) is 9.75. The Morgan fingerprint density at radius 1 is 1.10 bits per heavy atom. The van der Waals surface area contributed by atoms with Gasteiger partial charge in [-0.2, -0.15) is 4.31 Å². The molecule has 30 heavy (non-hydrogen) atoms. The molecule has 1 aliphatic rings. The summed E-state index contributed by atoms with van der Waals surface area (Å²) in [5.74, 6) is -0.0171. The van der Waals surface area contributed by atoms with Gasteiger partial charge in [0.25, 0.3) is 5.91 Å². The zero-order valence-electron chi connectivity index (χ0n) is 16.7. The Bertz CT molecular complexity index is 1050. The Morgan fingerprint density at radius 2 is 1.77 bits per heavy atom. The normalized spacial score (nSPS) is 20.0. The molecule has 1 N–H and O–H groups in total. The molecule has 162 valence electrons. The van der Waals surface area contributed by atoms with Crippen LogP contribution in [0.5, 0.6) is 5.75 Å². The highest BCUT2D eigenvalue weighted by molar-refractivity contribution is 7.89. The lowest BCUT2D eigenvalue weighted by molar-refractivity contribution is -0.0440. The highest BCUT2D eigenvalue weighted by Gasteiger charge is 2.33. The Morgan fingerprint density at radius 3 is 2.37 bits per heavy atom. The summed E-state index contributed by atoms with van der Waals surface area (Å²) < 4.78 is 38.4. The van der Waals surface area contributed by atoms with E-state index in [1.807, 2.05) is 13.8 Å². The van der Waals surface area contributed by atoms with Crippen LogP contribution in [0.1, 0.15) is 24.2 Å². The molecule has 7 nitrogen and oxygen atoms in total. The van der Waals surface area contributed by atoms with E-state index in [4.69, 9.17) is 32.7 Å². The molecule has 0 saturated carbocycles. The van der Waals surface area contributed by atoms with Crippen LogP contribution in [0.2, 0.25) is 10.0 Å². The van der Waals surface area contributed by atoms with Crippen molar-refractivity contribution >= 4 is 44.8 Å². The van der Waals surface area contributed by atoms with E-state index >= 15 is 0 Å². The number of benzene rings is 2. The summed E-state index contributed by atoms with van der Waals surface area (Å²) in [6.45, 7) is 4.04. The number of carbonyl (C=O) groups is 1. The molecule has 0 radical (unpaired) electrons. The van der Waals surface area contributed by atoms with Gasteiger partial charge in [0.2, 0.25) is 10.0 Å². The highest BCUT2D eigenvalue weighted by atomic mass is 35.5. The van der Waals surface area contributed by atoms with Crippen LogP contribution in [0.15, 0.2) is 41.3 Å². The second kappa shape index (κ2) is 9.11. The molecule has 2 atom stereocenters. The van der Waals surface area contributed by atoms with E-state index < -0.39 is 15.9 Å². The topological polar surface area (TPSA) is 84.9 Å². The fraction of sp³-hybridized carbons (Fsp3) is 0.350. The molecule has 1 aliphatic heterocycles. The summed E-state index contributed by atoms with van der Waals surface area (Å²) in [7, 11) is -2.41.